The van der Waals surface area contributed by atoms with E-state index in [4.69, 9.17) is 43.2 Å². The highest BCUT2D eigenvalue weighted by atomic mass is 32.1. The Kier molecular flexibility index (Phi) is 15.0. The van der Waals surface area contributed by atoms with Crippen molar-refractivity contribution >= 4 is 131 Å². The number of hydrogen-bond donors (Lipinski definition) is 0. The van der Waals surface area contributed by atoms with E-state index in [-0.39, 0.29) is 5.92 Å². The first kappa shape index (κ1) is 65.8. The molecule has 0 N–H and O–H groups in total. The first-order valence-corrected chi connectivity index (χ1v) is 40.3. The van der Waals surface area contributed by atoms with Crippen molar-refractivity contribution in [3.63, 3.8) is 0 Å². The Hall–Kier alpha value is -14.8. The SMILES string of the molecule is C1=Cc2ccc(-c3nc(-c4ccc(-c5ccc6cc(C7C=Cc8ccc(-c9nc(-c%10ccc(-c%11ccc%12ccccc%12c%11)cc%10)nc(-c%10cc(-c%11cccc%12sc%13ccccc%13c%11%12)cc%11oc%12ccccc%12c%10%11)n9)cc8C7)ccc6c5)cc4)nc(-c4cccc5oc6c(-c7cccc8oc9ccccc9c78)cccc6c45)n3)cc2CC1. The van der Waals surface area contributed by atoms with E-state index in [1.54, 1.807) is 0 Å². The number of benzene rings is 16. The first-order chi connectivity index (χ1) is 57.4. The number of para-hydroxylation sites is 3. The zero-order chi connectivity index (χ0) is 76.1. The van der Waals surface area contributed by atoms with Crippen LogP contribution >= 0.6 is 11.3 Å². The Bertz CT molecular complexity index is 7960. The minimum atomic E-state index is 0.131. The molecule has 116 heavy (non-hydrogen) atoms. The minimum Gasteiger partial charge on any atom is -0.456 e. The Morgan fingerprint density at radius 2 is 0.767 bits per heavy atom. The van der Waals surface area contributed by atoms with Gasteiger partial charge in [0.15, 0.2) is 34.9 Å². The molecule has 0 amide bonds. The number of aromatic nitrogens is 6. The van der Waals surface area contributed by atoms with Crippen molar-refractivity contribution in [3.05, 3.63) is 361 Å². The molecule has 1 unspecified atom stereocenters. The van der Waals surface area contributed by atoms with Gasteiger partial charge in [-0.25, -0.2) is 29.9 Å². The summed E-state index contributed by atoms with van der Waals surface area (Å²) in [5, 5.41) is 13.2. The fraction of sp³-hybridized carbons (Fsp3) is 0.0377. The zero-order valence-corrected chi connectivity index (χ0v) is 63.2. The molecule has 2 aliphatic carbocycles. The lowest BCUT2D eigenvalue weighted by Crippen LogP contribution is -2.07. The summed E-state index contributed by atoms with van der Waals surface area (Å²) in [4.78, 5) is 32.5. The lowest BCUT2D eigenvalue weighted by molar-refractivity contribution is 0.668. The number of aryl methyl sites for hydroxylation is 1. The van der Waals surface area contributed by atoms with Gasteiger partial charge in [-0.1, -0.05) is 273 Å². The molecule has 0 fully saturated rings. The number of rotatable bonds is 11. The van der Waals surface area contributed by atoms with Crippen LogP contribution < -0.4 is 0 Å². The van der Waals surface area contributed by atoms with Crippen LogP contribution in [0.4, 0.5) is 0 Å². The normalized spacial score (nSPS) is 13.4. The van der Waals surface area contributed by atoms with Gasteiger partial charge in [-0.2, -0.15) is 0 Å². The third kappa shape index (κ3) is 11.0. The van der Waals surface area contributed by atoms with E-state index in [1.165, 1.54) is 69.5 Å². The fourth-order valence-corrected chi connectivity index (χ4v) is 19.2. The van der Waals surface area contributed by atoms with E-state index in [0.717, 1.165) is 163 Å². The smallest absolute Gasteiger partial charge is 0.164 e. The van der Waals surface area contributed by atoms with Crippen LogP contribution in [-0.4, -0.2) is 29.9 Å². The summed E-state index contributed by atoms with van der Waals surface area (Å²) >= 11 is 1.82. The van der Waals surface area contributed by atoms with E-state index in [9.17, 15) is 0 Å². The van der Waals surface area contributed by atoms with Gasteiger partial charge in [0.1, 0.15) is 33.5 Å². The van der Waals surface area contributed by atoms with Crippen LogP contribution in [0.5, 0.6) is 0 Å². The van der Waals surface area contributed by atoms with Gasteiger partial charge in [0.2, 0.25) is 0 Å². The maximum Gasteiger partial charge on any atom is 0.164 e. The molecule has 2 aliphatic rings. The second kappa shape index (κ2) is 26.4. The van der Waals surface area contributed by atoms with Crippen molar-refractivity contribution in [2.75, 3.05) is 0 Å². The Balaban J connectivity index is 0.556. The Labute approximate surface area is 669 Å². The first-order valence-electron chi connectivity index (χ1n) is 39.5. The van der Waals surface area contributed by atoms with Gasteiger partial charge < -0.3 is 13.3 Å². The van der Waals surface area contributed by atoms with Crippen LogP contribution in [0.25, 0.3) is 233 Å². The number of hydrogen-bond acceptors (Lipinski definition) is 10. The molecule has 0 saturated carbocycles. The molecule has 542 valence electrons. The summed E-state index contributed by atoms with van der Waals surface area (Å²) in [5.41, 5.74) is 25.0. The van der Waals surface area contributed by atoms with E-state index >= 15 is 0 Å². The van der Waals surface area contributed by atoms with Gasteiger partial charge in [0.25, 0.3) is 0 Å². The highest BCUT2D eigenvalue weighted by Gasteiger charge is 2.27. The lowest BCUT2D eigenvalue weighted by Gasteiger charge is -2.21. The molecular formula is C106H64N6O3S. The van der Waals surface area contributed by atoms with E-state index < -0.39 is 0 Å². The predicted molar refractivity (Wildman–Crippen MR) is 477 cm³/mol. The zero-order valence-electron chi connectivity index (χ0n) is 62.4. The largest absolute Gasteiger partial charge is 0.456 e. The second-order valence-electron chi connectivity index (χ2n) is 30.6. The van der Waals surface area contributed by atoms with Crippen LogP contribution in [-0.2, 0) is 12.8 Å². The molecule has 24 rings (SSSR count). The van der Waals surface area contributed by atoms with Crippen molar-refractivity contribution < 1.29 is 13.3 Å². The molecule has 0 saturated heterocycles. The van der Waals surface area contributed by atoms with E-state index in [2.05, 4.69) is 303 Å². The summed E-state index contributed by atoms with van der Waals surface area (Å²) in [5.74, 6) is 3.65. The number of allylic oxidation sites excluding steroid dienone is 2. The van der Waals surface area contributed by atoms with Gasteiger partial charge in [-0.3, -0.25) is 0 Å². The maximum absolute atomic E-state index is 6.93. The van der Waals surface area contributed by atoms with Crippen LogP contribution in [0.1, 0.15) is 40.2 Å². The number of thiophene rings is 1. The average Bonchev–Trinajstić information content (AvgIpc) is 1.56. The highest BCUT2D eigenvalue weighted by molar-refractivity contribution is 7.26. The van der Waals surface area contributed by atoms with Gasteiger partial charge in [-0.15, -0.1) is 11.3 Å². The minimum absolute atomic E-state index is 0.131. The van der Waals surface area contributed by atoms with Gasteiger partial charge in [-0.05, 0) is 180 Å². The standard InChI is InChI=1S/C106H64N6O3S/c1-3-17-68-53-70(45-37-61(68)15-1)63-33-43-67(44-34-63)102-108-104(112-106(110-102)88-59-79(60-93-97(88)84-20-6-9-28-90(84)114-93)80-22-14-32-95-99(80)85-21-7-10-31-94(85)116-95)77-52-40-65-38-46-75(57-78(65)58-77)74-50-49-72-54-71(47-48-73(72)55-74)64-35-41-66(42-36-64)101-107-103(76-51-39-62-16-2-4-18-69(62)56-76)111-105(109-101)87-26-13-30-92-98(87)86-25-11-24-82(100(86)115-92)81-23-12-29-91-96(81)83-19-5-8-27-89(83)113-91/h1-3,5-17,19-56,58-60,75H,4,18,57H2. The average molecular weight is 1500 g/mol. The monoisotopic (exact) mass is 1500 g/mol. The predicted octanol–water partition coefficient (Wildman–Crippen LogP) is 28.4. The highest BCUT2D eigenvalue weighted by Crippen LogP contribution is 2.48. The maximum atomic E-state index is 6.93. The van der Waals surface area contributed by atoms with Gasteiger partial charge in [0.05, 0.1) is 0 Å². The number of furan rings is 3. The summed E-state index contributed by atoms with van der Waals surface area (Å²) < 4.78 is 22.6. The molecule has 9 nitrogen and oxygen atoms in total. The second-order valence-corrected chi connectivity index (χ2v) is 31.7. The van der Waals surface area contributed by atoms with Gasteiger partial charge in [0, 0.05) is 97.4 Å². The molecule has 22 aromatic rings. The van der Waals surface area contributed by atoms with Crippen LogP contribution in [0.15, 0.2) is 347 Å². The molecule has 0 aliphatic heterocycles. The number of nitrogens with zero attached hydrogens (tertiary/aromatic N) is 6. The quantitative estimate of drug-likeness (QED) is 0.125. The molecular weight excluding hydrogens is 1440 g/mol. The fourth-order valence-electron chi connectivity index (χ4n) is 18.0. The topological polar surface area (TPSA) is 117 Å². The lowest BCUT2D eigenvalue weighted by atomic mass is 9.84. The van der Waals surface area contributed by atoms with Crippen LogP contribution in [0, 0.1) is 0 Å². The van der Waals surface area contributed by atoms with Gasteiger partial charge >= 0.3 is 0 Å². The summed E-state index contributed by atoms with van der Waals surface area (Å²) in [6, 6.07) is 115. The Morgan fingerprint density at radius 3 is 1.51 bits per heavy atom. The van der Waals surface area contributed by atoms with Crippen molar-refractivity contribution in [3.8, 4) is 113 Å². The summed E-state index contributed by atoms with van der Waals surface area (Å²) in [6.07, 6.45) is 11.9. The summed E-state index contributed by atoms with van der Waals surface area (Å²) in [7, 11) is 0. The van der Waals surface area contributed by atoms with Crippen LogP contribution in [0.2, 0.25) is 0 Å². The molecule has 0 radical (unpaired) electrons. The van der Waals surface area contributed by atoms with Crippen LogP contribution in [0.3, 0.4) is 0 Å². The third-order valence-corrected chi connectivity index (χ3v) is 24.9. The van der Waals surface area contributed by atoms with Crippen molar-refractivity contribution in [2.24, 2.45) is 0 Å². The van der Waals surface area contributed by atoms with E-state index in [0.29, 0.717) is 34.9 Å². The molecule has 6 heterocycles. The molecule has 0 spiro atoms. The molecule has 6 aromatic heterocycles. The molecule has 10 heteroatoms. The van der Waals surface area contributed by atoms with Crippen molar-refractivity contribution in [2.45, 2.75) is 25.2 Å². The van der Waals surface area contributed by atoms with Crippen molar-refractivity contribution in [1.82, 2.24) is 29.9 Å². The van der Waals surface area contributed by atoms with Crippen molar-refractivity contribution in [1.29, 1.82) is 0 Å². The molecule has 1 atom stereocenters. The summed E-state index contributed by atoms with van der Waals surface area (Å²) in [6.45, 7) is 0. The van der Waals surface area contributed by atoms with E-state index in [1.807, 2.05) is 53.8 Å². The molecule has 16 aromatic carbocycles. The Morgan fingerprint density at radius 1 is 0.276 bits per heavy atom. The molecule has 0 bridgehead atoms. The third-order valence-electron chi connectivity index (χ3n) is 23.8. The number of fused-ring (bicyclic) bond motifs is 16.